The molecule has 57 heavy (non-hydrogen) atoms. The molecule has 0 amide bonds. The molecule has 5 heteroatoms. The Hall–Kier alpha value is -7.94. The van der Waals surface area contributed by atoms with Crippen molar-refractivity contribution < 1.29 is 4.42 Å². The Morgan fingerprint density at radius 1 is 0.333 bits per heavy atom. The van der Waals surface area contributed by atoms with Gasteiger partial charge < -0.3 is 4.42 Å². The molecule has 2 heterocycles. The second-order valence-electron chi connectivity index (χ2n) is 14.3. The summed E-state index contributed by atoms with van der Waals surface area (Å²) in [5, 5.41) is 9.14. The van der Waals surface area contributed by atoms with Gasteiger partial charge in [-0.2, -0.15) is 0 Å². The molecule has 0 aliphatic carbocycles. The van der Waals surface area contributed by atoms with Crippen LogP contribution in [0.4, 0.5) is 5.69 Å². The first-order valence-corrected chi connectivity index (χ1v) is 18.9. The largest absolute Gasteiger partial charge is 0.456 e. The van der Waals surface area contributed by atoms with Gasteiger partial charge in [-0.25, -0.2) is 19.8 Å². The highest BCUT2D eigenvalue weighted by molar-refractivity contribution is 6.24. The number of hydrogen-bond donors (Lipinski definition) is 0. The summed E-state index contributed by atoms with van der Waals surface area (Å²) in [5.74, 6) is 1.81. The van der Waals surface area contributed by atoms with Crippen molar-refractivity contribution in [1.29, 1.82) is 0 Å². The fourth-order valence-electron chi connectivity index (χ4n) is 8.19. The summed E-state index contributed by atoms with van der Waals surface area (Å²) in [6.07, 6.45) is 0. The number of furan rings is 1. The molecule has 5 nitrogen and oxygen atoms in total. The van der Waals surface area contributed by atoms with E-state index in [2.05, 4.69) is 114 Å². The maximum Gasteiger partial charge on any atom is 0.187 e. The monoisotopic (exact) mass is 726 g/mol. The van der Waals surface area contributed by atoms with Crippen molar-refractivity contribution in [2.24, 2.45) is 0 Å². The summed E-state index contributed by atoms with van der Waals surface area (Å²) in [7, 11) is 0. The molecule has 0 radical (unpaired) electrons. The Kier molecular flexibility index (Phi) is 7.48. The van der Waals surface area contributed by atoms with Crippen molar-refractivity contribution >= 4 is 59.9 Å². The molecule has 0 N–H and O–H groups in total. The predicted molar refractivity (Wildman–Crippen MR) is 233 cm³/mol. The summed E-state index contributed by atoms with van der Waals surface area (Å²) in [4.78, 5) is 18.9. The molecule has 11 aromatic rings. The summed E-state index contributed by atoms with van der Waals surface area (Å²) < 4.78 is 6.14. The molecule has 264 valence electrons. The molecular weight excluding hydrogens is 697 g/mol. The third-order valence-electron chi connectivity index (χ3n) is 10.9. The second kappa shape index (κ2) is 13.1. The molecule has 2 aromatic heterocycles. The number of fused-ring (bicyclic) bond motifs is 8. The zero-order valence-corrected chi connectivity index (χ0v) is 30.5. The van der Waals surface area contributed by atoms with E-state index in [1.807, 2.05) is 72.8 Å². The number of aromatic nitrogens is 3. The third-order valence-corrected chi connectivity index (χ3v) is 10.9. The van der Waals surface area contributed by atoms with Crippen LogP contribution in [0.1, 0.15) is 0 Å². The van der Waals surface area contributed by atoms with Gasteiger partial charge in [0, 0.05) is 27.5 Å². The number of para-hydroxylation sites is 1. The molecule has 0 bridgehead atoms. The van der Waals surface area contributed by atoms with Gasteiger partial charge in [0.05, 0.1) is 6.57 Å². The van der Waals surface area contributed by atoms with Gasteiger partial charge in [-0.3, -0.25) is 0 Å². The Labute approximate surface area is 328 Å². The van der Waals surface area contributed by atoms with E-state index in [0.717, 1.165) is 66.3 Å². The molecule has 0 unspecified atom stereocenters. The number of benzene rings is 9. The van der Waals surface area contributed by atoms with Crippen LogP contribution in [0, 0.1) is 6.57 Å². The highest BCUT2D eigenvalue weighted by Gasteiger charge is 2.18. The maximum atomic E-state index is 7.45. The number of hydrogen-bond acceptors (Lipinski definition) is 4. The minimum absolute atomic E-state index is 0.596. The van der Waals surface area contributed by atoms with Gasteiger partial charge >= 0.3 is 0 Å². The first-order chi connectivity index (χ1) is 28.2. The fourth-order valence-corrected chi connectivity index (χ4v) is 8.19. The quantitative estimate of drug-likeness (QED) is 0.131. The Morgan fingerprint density at radius 3 is 1.49 bits per heavy atom. The third kappa shape index (κ3) is 5.51. The normalized spacial score (nSPS) is 11.5. The molecule has 0 saturated heterocycles. The van der Waals surface area contributed by atoms with Crippen molar-refractivity contribution in [3.05, 3.63) is 193 Å². The maximum absolute atomic E-state index is 7.45. The van der Waals surface area contributed by atoms with E-state index in [4.69, 9.17) is 25.9 Å². The van der Waals surface area contributed by atoms with E-state index >= 15 is 0 Å². The van der Waals surface area contributed by atoms with Crippen LogP contribution in [0.25, 0.3) is 116 Å². The minimum atomic E-state index is 0.596. The van der Waals surface area contributed by atoms with E-state index in [1.165, 1.54) is 26.9 Å². The van der Waals surface area contributed by atoms with Gasteiger partial charge in [-0.15, -0.1) is 0 Å². The molecule has 0 atom stereocenters. The van der Waals surface area contributed by atoms with Crippen molar-refractivity contribution in [2.75, 3.05) is 0 Å². The SMILES string of the molecule is [C-]#[N+]c1ccc(-c2cc3c4ccccc4c(-c4cccc(-c5nc(-c6ccccc6)nc(-c6ccc7oc8ccccc8c7c6)n5)c4)cc3c3ccccc23)cc1. The van der Waals surface area contributed by atoms with Crippen LogP contribution in [0.2, 0.25) is 0 Å². The number of nitrogens with zero attached hydrogens (tertiary/aromatic N) is 4. The van der Waals surface area contributed by atoms with Gasteiger partial charge in [-0.05, 0) is 97.0 Å². The van der Waals surface area contributed by atoms with Gasteiger partial charge in [0.1, 0.15) is 11.2 Å². The molecule has 9 aromatic carbocycles. The smallest absolute Gasteiger partial charge is 0.187 e. The average molecular weight is 727 g/mol. The molecule has 11 rings (SSSR count). The van der Waals surface area contributed by atoms with Crippen molar-refractivity contribution in [3.8, 4) is 56.4 Å². The Balaban J connectivity index is 1.10. The average Bonchev–Trinajstić information content (AvgIpc) is 3.67. The lowest BCUT2D eigenvalue weighted by Gasteiger charge is -2.16. The summed E-state index contributed by atoms with van der Waals surface area (Å²) >= 11 is 0. The fraction of sp³-hybridized carbons (Fsp3) is 0. The highest BCUT2D eigenvalue weighted by Crippen LogP contribution is 2.42. The molecular formula is C52H30N4O. The molecule has 0 aliphatic rings. The topological polar surface area (TPSA) is 56.2 Å². The lowest BCUT2D eigenvalue weighted by Crippen LogP contribution is -2.00. The zero-order chi connectivity index (χ0) is 37.9. The number of rotatable bonds is 5. The van der Waals surface area contributed by atoms with Crippen molar-refractivity contribution in [3.63, 3.8) is 0 Å². The van der Waals surface area contributed by atoms with Crippen LogP contribution in [-0.4, -0.2) is 15.0 Å². The van der Waals surface area contributed by atoms with Crippen molar-refractivity contribution in [1.82, 2.24) is 15.0 Å². The van der Waals surface area contributed by atoms with Crippen LogP contribution < -0.4 is 0 Å². The summed E-state index contributed by atoms with van der Waals surface area (Å²) in [5.41, 5.74) is 9.46. The first-order valence-electron chi connectivity index (χ1n) is 18.9. The van der Waals surface area contributed by atoms with Gasteiger partial charge in [-0.1, -0.05) is 140 Å². The van der Waals surface area contributed by atoms with E-state index in [1.54, 1.807) is 0 Å². The van der Waals surface area contributed by atoms with E-state index < -0.39 is 0 Å². The van der Waals surface area contributed by atoms with E-state index in [-0.39, 0.29) is 0 Å². The van der Waals surface area contributed by atoms with Crippen LogP contribution in [-0.2, 0) is 0 Å². The molecule has 0 spiro atoms. The van der Waals surface area contributed by atoms with Crippen LogP contribution in [0.3, 0.4) is 0 Å². The second-order valence-corrected chi connectivity index (χ2v) is 14.3. The minimum Gasteiger partial charge on any atom is -0.456 e. The van der Waals surface area contributed by atoms with Crippen molar-refractivity contribution in [2.45, 2.75) is 0 Å². The standard InChI is InChI=1S/C52H30N4O/c1-53-37-25-22-32(23-26-37)43-30-45-41-19-8-6-17-39(41)44(31-46(45)40-18-7-5-16-38(40)43)34-14-11-15-35(28-34)51-54-50(33-12-3-2-4-13-33)55-52(56-51)36-24-27-49-47(29-36)42-20-9-10-21-48(42)57-49/h2-31H. The Morgan fingerprint density at radius 2 is 0.825 bits per heavy atom. The molecule has 0 saturated carbocycles. The van der Waals surface area contributed by atoms with Gasteiger partial charge in [0.25, 0.3) is 0 Å². The first kappa shape index (κ1) is 32.5. The van der Waals surface area contributed by atoms with Crippen LogP contribution in [0.5, 0.6) is 0 Å². The highest BCUT2D eigenvalue weighted by atomic mass is 16.3. The molecule has 0 fully saturated rings. The lowest BCUT2D eigenvalue weighted by atomic mass is 9.87. The van der Waals surface area contributed by atoms with Gasteiger partial charge in [0.15, 0.2) is 23.2 Å². The van der Waals surface area contributed by atoms with E-state index in [9.17, 15) is 0 Å². The van der Waals surface area contributed by atoms with Gasteiger partial charge in [0.2, 0.25) is 0 Å². The van der Waals surface area contributed by atoms with Crippen LogP contribution in [0.15, 0.2) is 186 Å². The summed E-state index contributed by atoms with van der Waals surface area (Å²) in [6.45, 7) is 7.45. The Bertz CT molecular complexity index is 3420. The van der Waals surface area contributed by atoms with Crippen LogP contribution >= 0.6 is 0 Å². The van der Waals surface area contributed by atoms with E-state index in [0.29, 0.717) is 23.2 Å². The molecule has 0 aliphatic heterocycles. The lowest BCUT2D eigenvalue weighted by molar-refractivity contribution is 0.669. The summed E-state index contributed by atoms with van der Waals surface area (Å²) in [6, 6.07) is 62.7. The zero-order valence-electron chi connectivity index (χ0n) is 30.5. The predicted octanol–water partition coefficient (Wildman–Crippen LogP) is 14.1.